The molecule has 0 aromatic carbocycles. The zero-order valence-electron chi connectivity index (χ0n) is 7.35. The van der Waals surface area contributed by atoms with Crippen LogP contribution < -0.4 is 0 Å². The predicted molar refractivity (Wildman–Crippen MR) is 48.9 cm³/mol. The van der Waals surface area contributed by atoms with E-state index in [2.05, 4.69) is 9.97 Å². The first-order valence-corrected chi connectivity index (χ1v) is 4.47. The molecule has 1 unspecified atom stereocenters. The zero-order valence-corrected chi connectivity index (χ0v) is 7.35. The second kappa shape index (κ2) is 3.26. The fraction of sp³-hybridized carbons (Fsp3) is 0.400. The van der Waals surface area contributed by atoms with Crippen molar-refractivity contribution in [3.8, 4) is 0 Å². The van der Waals surface area contributed by atoms with Gasteiger partial charge in [0.25, 0.3) is 0 Å². The van der Waals surface area contributed by atoms with Gasteiger partial charge in [-0.25, -0.2) is 9.97 Å². The zero-order chi connectivity index (χ0) is 9.15. The molecule has 0 amide bonds. The van der Waals surface area contributed by atoms with Crippen molar-refractivity contribution >= 4 is 0 Å². The molecule has 3 nitrogen and oxygen atoms in total. The maximum atomic E-state index is 10.2. The second-order valence-corrected chi connectivity index (χ2v) is 3.35. The molecule has 3 heteroatoms. The minimum Gasteiger partial charge on any atom is -0.381 e. The van der Waals surface area contributed by atoms with E-state index in [-0.39, 0.29) is 0 Å². The lowest BCUT2D eigenvalue weighted by atomic mass is 9.86. The number of aliphatic hydroxyl groups is 1. The van der Waals surface area contributed by atoms with Crippen LogP contribution in [0, 0.1) is 0 Å². The summed E-state index contributed by atoms with van der Waals surface area (Å²) >= 11 is 0. The van der Waals surface area contributed by atoms with Crippen molar-refractivity contribution in [1.29, 1.82) is 0 Å². The maximum absolute atomic E-state index is 10.2. The number of allylic oxidation sites excluding steroid dienone is 1. The molecule has 1 aromatic rings. The van der Waals surface area contributed by atoms with Gasteiger partial charge in [-0.2, -0.15) is 0 Å². The van der Waals surface area contributed by atoms with Crippen LogP contribution in [-0.2, 0) is 5.60 Å². The average Bonchev–Trinajstić information content (AvgIpc) is 2.20. The molecule has 1 heterocycles. The molecule has 1 atom stereocenters. The van der Waals surface area contributed by atoms with Crippen molar-refractivity contribution in [2.75, 3.05) is 0 Å². The summed E-state index contributed by atoms with van der Waals surface area (Å²) in [5, 5.41) is 10.2. The van der Waals surface area contributed by atoms with Crippen molar-refractivity contribution < 1.29 is 5.11 Å². The SMILES string of the molecule is OC1(c2cncnc2)C=CCCC1. The van der Waals surface area contributed by atoms with E-state index in [1.807, 2.05) is 12.2 Å². The van der Waals surface area contributed by atoms with Gasteiger partial charge >= 0.3 is 0 Å². The summed E-state index contributed by atoms with van der Waals surface area (Å²) in [5.41, 5.74) is -0.0505. The molecule has 0 fully saturated rings. The fourth-order valence-electron chi connectivity index (χ4n) is 1.61. The highest BCUT2D eigenvalue weighted by molar-refractivity contribution is 5.23. The van der Waals surface area contributed by atoms with E-state index < -0.39 is 5.60 Å². The topological polar surface area (TPSA) is 46.0 Å². The van der Waals surface area contributed by atoms with E-state index in [1.165, 1.54) is 6.33 Å². The van der Waals surface area contributed by atoms with Crippen molar-refractivity contribution in [1.82, 2.24) is 9.97 Å². The highest BCUT2D eigenvalue weighted by Crippen LogP contribution is 2.31. The summed E-state index contributed by atoms with van der Waals surface area (Å²) in [7, 11) is 0. The van der Waals surface area contributed by atoms with Gasteiger partial charge in [0.05, 0.1) is 0 Å². The Balaban J connectivity index is 2.34. The number of hydrogen-bond donors (Lipinski definition) is 1. The van der Waals surface area contributed by atoms with Crippen molar-refractivity contribution in [2.45, 2.75) is 24.9 Å². The molecular formula is C10H12N2O. The van der Waals surface area contributed by atoms with Crippen molar-refractivity contribution in [3.05, 3.63) is 36.4 Å². The monoisotopic (exact) mass is 176 g/mol. The van der Waals surface area contributed by atoms with Crippen LogP contribution in [0.25, 0.3) is 0 Å². The van der Waals surface area contributed by atoms with Crippen LogP contribution in [0.3, 0.4) is 0 Å². The van der Waals surface area contributed by atoms with Gasteiger partial charge in [-0.15, -0.1) is 0 Å². The summed E-state index contributed by atoms with van der Waals surface area (Å²) in [6, 6.07) is 0. The first-order chi connectivity index (χ1) is 6.31. The third kappa shape index (κ3) is 1.60. The summed E-state index contributed by atoms with van der Waals surface area (Å²) in [6.45, 7) is 0. The first kappa shape index (κ1) is 8.38. The van der Waals surface area contributed by atoms with Gasteiger partial charge in [-0.05, 0) is 19.3 Å². The molecule has 1 N–H and O–H groups in total. The lowest BCUT2D eigenvalue weighted by Crippen LogP contribution is -2.25. The quantitative estimate of drug-likeness (QED) is 0.658. The molecule has 0 aliphatic heterocycles. The highest BCUT2D eigenvalue weighted by Gasteiger charge is 2.27. The largest absolute Gasteiger partial charge is 0.381 e. The van der Waals surface area contributed by atoms with Gasteiger partial charge in [0.2, 0.25) is 0 Å². The van der Waals surface area contributed by atoms with Gasteiger partial charge in [-0.3, -0.25) is 0 Å². The highest BCUT2D eigenvalue weighted by atomic mass is 16.3. The molecule has 0 spiro atoms. The van der Waals surface area contributed by atoms with Crippen LogP contribution in [0.4, 0.5) is 0 Å². The maximum Gasteiger partial charge on any atom is 0.115 e. The molecule has 0 radical (unpaired) electrons. The summed E-state index contributed by atoms with van der Waals surface area (Å²) < 4.78 is 0. The molecule has 13 heavy (non-hydrogen) atoms. The Bertz CT molecular complexity index is 310. The van der Waals surface area contributed by atoms with Gasteiger partial charge in [0.15, 0.2) is 0 Å². The Morgan fingerprint density at radius 1 is 1.31 bits per heavy atom. The minimum absolute atomic E-state index is 0.761. The lowest BCUT2D eigenvalue weighted by Gasteiger charge is -2.26. The van der Waals surface area contributed by atoms with E-state index in [0.717, 1.165) is 24.8 Å². The Labute approximate surface area is 77.2 Å². The van der Waals surface area contributed by atoms with E-state index in [0.29, 0.717) is 0 Å². The lowest BCUT2D eigenvalue weighted by molar-refractivity contribution is 0.0718. The van der Waals surface area contributed by atoms with Gasteiger partial charge in [-0.1, -0.05) is 12.2 Å². The summed E-state index contributed by atoms with van der Waals surface area (Å²) in [4.78, 5) is 7.80. The fourth-order valence-corrected chi connectivity index (χ4v) is 1.61. The molecule has 0 bridgehead atoms. The van der Waals surface area contributed by atoms with Crippen molar-refractivity contribution in [3.63, 3.8) is 0 Å². The molecule has 1 aliphatic rings. The van der Waals surface area contributed by atoms with Crippen LogP contribution in [0.1, 0.15) is 24.8 Å². The van der Waals surface area contributed by atoms with Crippen LogP contribution in [0.15, 0.2) is 30.9 Å². The van der Waals surface area contributed by atoms with Crippen molar-refractivity contribution in [2.24, 2.45) is 0 Å². The third-order valence-electron chi connectivity index (χ3n) is 2.38. The smallest absolute Gasteiger partial charge is 0.115 e. The van der Waals surface area contributed by atoms with Crippen LogP contribution in [-0.4, -0.2) is 15.1 Å². The normalized spacial score (nSPS) is 27.5. The Kier molecular flexibility index (Phi) is 2.10. The molecular weight excluding hydrogens is 164 g/mol. The van der Waals surface area contributed by atoms with E-state index in [4.69, 9.17) is 0 Å². The van der Waals surface area contributed by atoms with Gasteiger partial charge < -0.3 is 5.11 Å². The third-order valence-corrected chi connectivity index (χ3v) is 2.38. The Hall–Kier alpha value is -1.22. The molecule has 0 saturated heterocycles. The van der Waals surface area contributed by atoms with E-state index in [1.54, 1.807) is 12.4 Å². The van der Waals surface area contributed by atoms with Crippen LogP contribution in [0.5, 0.6) is 0 Å². The summed E-state index contributed by atoms with van der Waals surface area (Å²) in [5.74, 6) is 0. The second-order valence-electron chi connectivity index (χ2n) is 3.35. The Morgan fingerprint density at radius 2 is 2.08 bits per heavy atom. The summed E-state index contributed by atoms with van der Waals surface area (Å²) in [6.07, 6.45) is 11.5. The number of hydrogen-bond acceptors (Lipinski definition) is 3. The average molecular weight is 176 g/mol. The van der Waals surface area contributed by atoms with Gasteiger partial charge in [0.1, 0.15) is 11.9 Å². The van der Waals surface area contributed by atoms with E-state index >= 15 is 0 Å². The molecule has 1 aliphatic carbocycles. The predicted octanol–water partition coefficient (Wildman–Crippen LogP) is 1.40. The van der Waals surface area contributed by atoms with Gasteiger partial charge in [0, 0.05) is 18.0 Å². The van der Waals surface area contributed by atoms with Crippen LogP contribution >= 0.6 is 0 Å². The Morgan fingerprint density at radius 3 is 2.69 bits per heavy atom. The molecule has 2 rings (SSSR count). The molecule has 68 valence electrons. The van der Waals surface area contributed by atoms with E-state index in [9.17, 15) is 5.11 Å². The first-order valence-electron chi connectivity index (χ1n) is 4.47. The minimum atomic E-state index is -0.834. The van der Waals surface area contributed by atoms with Crippen LogP contribution in [0.2, 0.25) is 0 Å². The standard InChI is InChI=1S/C10H12N2O/c13-10(4-2-1-3-5-10)9-6-11-8-12-7-9/h2,4,6-8,13H,1,3,5H2. The number of nitrogens with zero attached hydrogens (tertiary/aromatic N) is 2. The number of aromatic nitrogens is 2. The molecule has 0 saturated carbocycles. The molecule has 1 aromatic heterocycles. The number of rotatable bonds is 1.